The summed E-state index contributed by atoms with van der Waals surface area (Å²) in [5.74, 6) is 1.84. The van der Waals surface area contributed by atoms with E-state index in [0.29, 0.717) is 26.2 Å². The van der Waals surface area contributed by atoms with Crippen molar-refractivity contribution in [3.8, 4) is 22.5 Å². The van der Waals surface area contributed by atoms with E-state index in [0.717, 1.165) is 117 Å². The third kappa shape index (κ3) is 12.0. The van der Waals surface area contributed by atoms with Crippen LogP contribution in [0.15, 0.2) is 96.0 Å². The van der Waals surface area contributed by atoms with Crippen molar-refractivity contribution in [2.24, 2.45) is 0 Å². The lowest BCUT2D eigenvalue weighted by Gasteiger charge is -2.31. The number of fused-ring (bicyclic) bond motifs is 2. The van der Waals surface area contributed by atoms with E-state index in [1.165, 1.54) is 46.9 Å². The average Bonchev–Trinajstić information content (AvgIpc) is 4.28. The smallest absolute Gasteiger partial charge is 0.214 e. The fraction of sp³-hybridized carbons (Fsp3) is 0.407. The van der Waals surface area contributed by atoms with Gasteiger partial charge in [-0.2, -0.15) is 0 Å². The van der Waals surface area contributed by atoms with Crippen molar-refractivity contribution in [2.75, 3.05) is 74.8 Å². The maximum absolute atomic E-state index is 13.4. The molecule has 8 aromatic rings. The number of benzene rings is 2. The maximum Gasteiger partial charge on any atom is 0.214 e. The minimum atomic E-state index is -3.33. The van der Waals surface area contributed by atoms with Gasteiger partial charge in [0.25, 0.3) is 0 Å². The molecular formula is C54H64F2N10O6S4. The Balaban J connectivity index is 0.000000186. The van der Waals surface area contributed by atoms with Crippen molar-refractivity contribution in [1.82, 2.24) is 37.3 Å². The van der Waals surface area contributed by atoms with E-state index in [9.17, 15) is 25.6 Å². The Hall–Kier alpha value is -5.72. The number of hydrogen-bond donors (Lipinski definition) is 2. The maximum atomic E-state index is 13.4. The normalized spacial score (nSPS) is 15.4. The molecule has 10 rings (SSSR count). The summed E-state index contributed by atoms with van der Waals surface area (Å²) in [6.07, 6.45) is 9.30. The van der Waals surface area contributed by atoms with Crippen LogP contribution in [0.3, 0.4) is 0 Å². The molecule has 404 valence electrons. The lowest BCUT2D eigenvalue weighted by Crippen LogP contribution is -2.39. The highest BCUT2D eigenvalue weighted by molar-refractivity contribution is 7.89. The van der Waals surface area contributed by atoms with E-state index in [2.05, 4.69) is 57.0 Å². The standard InChI is InChI=1S/2C27H32FN5O3S2/c2*1-3-23-26(31(2)27-30-24(18-37-27)20-5-8-22(28)9-6-20)33-17-21(7-10-25(33)29-23)19-11-13-32(14-12-19)38(35,36)16-4-15-34/h2*5-10,17-19,34H,3-4,11-16H2,1-2H3. The van der Waals surface area contributed by atoms with Crippen LogP contribution in [0.1, 0.15) is 86.7 Å². The number of anilines is 4. The van der Waals surface area contributed by atoms with Crippen molar-refractivity contribution in [3.05, 3.63) is 130 Å². The SMILES string of the molecule is CCc1nc2ccc(C3CCN(S(=O)(=O)CCCO)CC3)cn2c1N(C)c1nc(-c2ccc(F)cc2)cs1.CCc1nc2ccc(C3CCN(S(=O)(=O)CCCO)CC3)cn2c1N(C)c1nc(-c2ccc(F)cc2)cs1. The topological polar surface area (TPSA) is 182 Å². The molecule has 0 amide bonds. The number of aliphatic hydroxyl groups is 2. The van der Waals surface area contributed by atoms with Crippen LogP contribution in [0.2, 0.25) is 0 Å². The quantitative estimate of drug-likeness (QED) is 0.0832. The molecule has 22 heteroatoms. The van der Waals surface area contributed by atoms with E-state index in [1.807, 2.05) is 37.0 Å². The van der Waals surface area contributed by atoms with Crippen LogP contribution in [-0.4, -0.2) is 129 Å². The van der Waals surface area contributed by atoms with Gasteiger partial charge in [0, 0.05) is 87.8 Å². The number of pyridine rings is 2. The summed E-state index contributed by atoms with van der Waals surface area (Å²) in [5, 5.41) is 23.6. The summed E-state index contributed by atoms with van der Waals surface area (Å²) in [5.41, 5.74) is 9.28. The molecule has 6 aromatic heterocycles. The Morgan fingerprint density at radius 3 is 1.28 bits per heavy atom. The summed E-state index contributed by atoms with van der Waals surface area (Å²) in [7, 11) is -2.69. The van der Waals surface area contributed by atoms with Crippen LogP contribution in [0, 0.1) is 11.6 Å². The highest BCUT2D eigenvalue weighted by Crippen LogP contribution is 2.38. The number of halogens is 2. The highest BCUT2D eigenvalue weighted by atomic mass is 32.2. The van der Waals surface area contributed by atoms with Gasteiger partial charge in [0.1, 0.15) is 34.6 Å². The first-order valence-electron chi connectivity index (χ1n) is 25.7. The molecule has 0 aliphatic carbocycles. The molecule has 0 spiro atoms. The molecule has 8 heterocycles. The molecule has 0 radical (unpaired) electrons. The van der Waals surface area contributed by atoms with Crippen molar-refractivity contribution in [2.45, 2.75) is 77.0 Å². The number of sulfonamides is 2. The van der Waals surface area contributed by atoms with E-state index in [1.54, 1.807) is 32.9 Å². The van der Waals surface area contributed by atoms with Gasteiger partial charge < -0.3 is 20.0 Å². The minimum absolute atomic E-state index is 0.00964. The third-order valence-corrected chi connectivity index (χ3v) is 20.0. The number of hydrogen-bond acceptors (Lipinski definition) is 14. The summed E-state index contributed by atoms with van der Waals surface area (Å²) in [6, 6.07) is 20.9. The van der Waals surface area contributed by atoms with Gasteiger partial charge in [-0.1, -0.05) is 26.0 Å². The van der Waals surface area contributed by atoms with Crippen molar-refractivity contribution in [1.29, 1.82) is 0 Å². The van der Waals surface area contributed by atoms with Gasteiger partial charge in [-0.3, -0.25) is 8.80 Å². The Bertz CT molecular complexity index is 3250. The van der Waals surface area contributed by atoms with Crippen LogP contribution in [-0.2, 0) is 32.9 Å². The number of piperidine rings is 2. The van der Waals surface area contributed by atoms with E-state index >= 15 is 0 Å². The number of nitrogens with zero attached hydrogens (tertiary/aromatic N) is 10. The summed E-state index contributed by atoms with van der Waals surface area (Å²) < 4.78 is 84.2. The molecule has 2 saturated heterocycles. The molecule has 0 atom stereocenters. The Morgan fingerprint density at radius 1 is 0.566 bits per heavy atom. The van der Waals surface area contributed by atoms with Crippen molar-refractivity contribution < 1.29 is 35.8 Å². The second-order valence-electron chi connectivity index (χ2n) is 19.1. The van der Waals surface area contributed by atoms with Crippen LogP contribution in [0.4, 0.5) is 30.7 Å². The van der Waals surface area contributed by atoms with Gasteiger partial charge in [0.2, 0.25) is 20.0 Å². The summed E-state index contributed by atoms with van der Waals surface area (Å²) in [6.45, 7) is 5.86. The Labute approximate surface area is 451 Å². The van der Waals surface area contributed by atoms with Crippen LogP contribution in [0.5, 0.6) is 0 Å². The molecule has 16 nitrogen and oxygen atoms in total. The molecule has 2 N–H and O–H groups in total. The molecule has 2 aliphatic rings. The van der Waals surface area contributed by atoms with E-state index in [-0.39, 0.29) is 61.0 Å². The first kappa shape index (κ1) is 55.0. The lowest BCUT2D eigenvalue weighted by molar-refractivity contribution is 0.290. The third-order valence-electron chi connectivity index (χ3n) is 14.3. The predicted molar refractivity (Wildman–Crippen MR) is 298 cm³/mol. The van der Waals surface area contributed by atoms with Crippen LogP contribution in [0.25, 0.3) is 33.8 Å². The van der Waals surface area contributed by atoms with E-state index < -0.39 is 20.0 Å². The molecule has 0 bridgehead atoms. The molecule has 0 unspecified atom stereocenters. The largest absolute Gasteiger partial charge is 0.396 e. The molecule has 2 aromatic carbocycles. The molecule has 2 fully saturated rings. The molecule has 0 saturated carbocycles. The summed E-state index contributed by atoms with van der Waals surface area (Å²) >= 11 is 3.05. The zero-order valence-electron chi connectivity index (χ0n) is 43.1. The zero-order valence-corrected chi connectivity index (χ0v) is 46.4. The number of aromatic nitrogens is 6. The number of imidazole rings is 2. The molecular weight excluding hydrogens is 1050 g/mol. The van der Waals surface area contributed by atoms with Gasteiger partial charge in [-0.25, -0.2) is 54.2 Å². The highest BCUT2D eigenvalue weighted by Gasteiger charge is 2.31. The number of thiazole rings is 2. The number of aliphatic hydroxyl groups excluding tert-OH is 2. The molecule has 76 heavy (non-hydrogen) atoms. The first-order chi connectivity index (χ1) is 36.6. The Kier molecular flexibility index (Phi) is 17.3. The van der Waals surface area contributed by atoms with Crippen LogP contribution < -0.4 is 9.80 Å². The van der Waals surface area contributed by atoms with Gasteiger partial charge in [0.15, 0.2) is 10.3 Å². The summed E-state index contributed by atoms with van der Waals surface area (Å²) in [4.78, 5) is 23.5. The second kappa shape index (κ2) is 23.9. The van der Waals surface area contributed by atoms with Crippen molar-refractivity contribution >= 4 is 75.9 Å². The van der Waals surface area contributed by atoms with Gasteiger partial charge in [-0.05, 0) is 135 Å². The van der Waals surface area contributed by atoms with Gasteiger partial charge in [-0.15, -0.1) is 22.7 Å². The minimum Gasteiger partial charge on any atom is -0.396 e. The number of aryl methyl sites for hydroxylation is 2. The van der Waals surface area contributed by atoms with Crippen LogP contribution >= 0.6 is 22.7 Å². The van der Waals surface area contributed by atoms with Crippen molar-refractivity contribution in [3.63, 3.8) is 0 Å². The zero-order chi connectivity index (χ0) is 53.7. The fourth-order valence-corrected chi connectivity index (χ4v) is 14.7. The monoisotopic (exact) mass is 1110 g/mol. The average molecular weight is 1120 g/mol. The van der Waals surface area contributed by atoms with Gasteiger partial charge in [0.05, 0.1) is 34.3 Å². The predicted octanol–water partition coefficient (Wildman–Crippen LogP) is 9.64. The lowest BCUT2D eigenvalue weighted by atomic mass is 9.91. The Morgan fingerprint density at radius 2 is 0.934 bits per heavy atom. The van der Waals surface area contributed by atoms with Gasteiger partial charge >= 0.3 is 0 Å². The first-order valence-corrected chi connectivity index (χ1v) is 30.7. The van der Waals surface area contributed by atoms with E-state index in [4.69, 9.17) is 30.1 Å². The fourth-order valence-electron chi connectivity index (χ4n) is 10.1. The second-order valence-corrected chi connectivity index (χ2v) is 25.0. The molecule has 2 aliphatic heterocycles. The number of rotatable bonds is 18.